The third-order valence-corrected chi connectivity index (χ3v) is 8.95. The van der Waals surface area contributed by atoms with Crippen LogP contribution in [0.1, 0.15) is 62.3 Å². The maximum atomic E-state index is 14.1. The number of nitrogens with zero attached hydrogens (tertiary/aromatic N) is 2. The summed E-state index contributed by atoms with van der Waals surface area (Å²) in [6.45, 7) is 5.83. The highest BCUT2D eigenvalue weighted by molar-refractivity contribution is 6.07. The summed E-state index contributed by atoms with van der Waals surface area (Å²) in [7, 11) is 1.50. The fourth-order valence-corrected chi connectivity index (χ4v) is 6.03. The van der Waals surface area contributed by atoms with Gasteiger partial charge >= 0.3 is 18.0 Å². The molecular weight excluding hydrogens is 598 g/mol. The highest BCUT2D eigenvalue weighted by atomic mass is 16.5. The minimum absolute atomic E-state index is 0.125. The summed E-state index contributed by atoms with van der Waals surface area (Å²) < 4.78 is 5.58. The molecule has 47 heavy (non-hydrogen) atoms. The van der Waals surface area contributed by atoms with Crippen molar-refractivity contribution < 1.29 is 29.0 Å². The van der Waals surface area contributed by atoms with Crippen LogP contribution in [0.2, 0.25) is 0 Å². The Morgan fingerprint density at radius 2 is 1.66 bits per heavy atom. The first-order chi connectivity index (χ1) is 22.5. The van der Waals surface area contributed by atoms with Crippen molar-refractivity contribution in [2.24, 2.45) is 5.92 Å². The second kappa shape index (κ2) is 14.3. The molecule has 2 fully saturated rings. The van der Waals surface area contributed by atoms with Gasteiger partial charge in [-0.2, -0.15) is 0 Å². The largest absolute Gasteiger partial charge is 0.495 e. The zero-order valence-electron chi connectivity index (χ0n) is 27.3. The van der Waals surface area contributed by atoms with Crippen LogP contribution in [0.5, 0.6) is 5.75 Å². The topological polar surface area (TPSA) is 140 Å². The van der Waals surface area contributed by atoms with Gasteiger partial charge in [0.1, 0.15) is 11.3 Å². The number of methoxy groups -OCH3 is 1. The van der Waals surface area contributed by atoms with Crippen LogP contribution in [-0.4, -0.2) is 64.1 Å². The number of ether oxygens (including phenoxy) is 1. The van der Waals surface area contributed by atoms with Crippen molar-refractivity contribution in [1.82, 2.24) is 15.1 Å². The normalized spacial score (nSPS) is 16.9. The molecule has 1 saturated heterocycles. The van der Waals surface area contributed by atoms with Crippen LogP contribution in [0, 0.1) is 12.8 Å². The van der Waals surface area contributed by atoms with E-state index in [1.165, 1.54) is 12.0 Å². The van der Waals surface area contributed by atoms with Gasteiger partial charge in [0.25, 0.3) is 5.91 Å². The number of para-hydroxylation sites is 1. The highest BCUT2D eigenvalue weighted by Gasteiger charge is 2.53. The second-order valence-corrected chi connectivity index (χ2v) is 12.8. The molecule has 0 spiro atoms. The monoisotopic (exact) mass is 641 g/mol. The minimum atomic E-state index is -1.11. The van der Waals surface area contributed by atoms with Crippen LogP contribution in [0.4, 0.5) is 21.0 Å². The highest BCUT2D eigenvalue weighted by Crippen LogP contribution is 2.39. The number of hydrogen-bond donors (Lipinski definition) is 4. The van der Waals surface area contributed by atoms with Crippen LogP contribution >= 0.6 is 0 Å². The van der Waals surface area contributed by atoms with Crippen molar-refractivity contribution in [2.75, 3.05) is 24.3 Å². The molecule has 0 bridgehead atoms. The first kappa shape index (κ1) is 33.5. The molecular formula is C36H43N5O6. The van der Waals surface area contributed by atoms with E-state index in [9.17, 15) is 24.3 Å². The summed E-state index contributed by atoms with van der Waals surface area (Å²) in [6.07, 6.45) is 2.61. The number of carboxylic acids is 1. The number of aryl methyl sites for hydroxylation is 1. The van der Waals surface area contributed by atoms with Gasteiger partial charge in [0.15, 0.2) is 0 Å². The lowest BCUT2D eigenvalue weighted by atomic mass is 10.0. The summed E-state index contributed by atoms with van der Waals surface area (Å²) in [4.78, 5) is 55.3. The summed E-state index contributed by atoms with van der Waals surface area (Å²) in [6, 6.07) is 20.4. The number of carbonyl (C=O) groups excluding carboxylic acids is 3. The van der Waals surface area contributed by atoms with Gasteiger partial charge in [-0.1, -0.05) is 67.4 Å². The smallest absolute Gasteiger partial charge is 0.328 e. The standard InChI is InChI=1S/C36H43N5O6/c1-23-10-8-9-13-28(23)38-34(45)39-29-17-16-25(19-31(29)47-4)22-40-35(46)41(33(44)36(40,2)3)27(18-24-14-15-24)21-37-30(20-32(42)43)26-11-6-5-7-12-26/h5-13,16-17,19,24,27,30,37H,14-15,18,20-22H2,1-4H3,(H,42,43)(H2,38,39,45)/t27-,30+/m1/s1. The predicted molar refractivity (Wildman–Crippen MR) is 179 cm³/mol. The molecule has 5 amide bonds. The van der Waals surface area contributed by atoms with Gasteiger partial charge in [-0.25, -0.2) is 9.59 Å². The lowest BCUT2D eigenvalue weighted by molar-refractivity contribution is -0.138. The van der Waals surface area contributed by atoms with Crippen LogP contribution < -0.4 is 20.7 Å². The van der Waals surface area contributed by atoms with Gasteiger partial charge in [0.05, 0.1) is 25.3 Å². The number of imide groups is 1. The number of anilines is 2. The molecule has 3 aromatic carbocycles. The summed E-state index contributed by atoms with van der Waals surface area (Å²) >= 11 is 0. The number of rotatable bonds is 14. The average Bonchev–Trinajstić information content (AvgIpc) is 3.85. The van der Waals surface area contributed by atoms with E-state index in [4.69, 9.17) is 4.74 Å². The van der Waals surface area contributed by atoms with Crippen molar-refractivity contribution in [3.8, 4) is 5.75 Å². The molecule has 1 aliphatic heterocycles. The van der Waals surface area contributed by atoms with E-state index in [2.05, 4.69) is 16.0 Å². The molecule has 1 saturated carbocycles. The van der Waals surface area contributed by atoms with Crippen molar-refractivity contribution in [2.45, 2.75) is 70.6 Å². The van der Waals surface area contributed by atoms with Crippen LogP contribution in [0.3, 0.4) is 0 Å². The zero-order chi connectivity index (χ0) is 33.7. The predicted octanol–water partition coefficient (Wildman–Crippen LogP) is 6.16. The van der Waals surface area contributed by atoms with Crippen molar-refractivity contribution in [1.29, 1.82) is 0 Å². The first-order valence-corrected chi connectivity index (χ1v) is 15.9. The third-order valence-electron chi connectivity index (χ3n) is 8.95. The number of aliphatic carboxylic acids is 1. The van der Waals surface area contributed by atoms with E-state index in [-0.39, 0.29) is 31.4 Å². The quantitative estimate of drug-likeness (QED) is 0.155. The Bertz CT molecular complexity index is 1620. The lowest BCUT2D eigenvalue weighted by Gasteiger charge is -2.29. The fraction of sp³-hybridized carbons (Fsp3) is 0.389. The van der Waals surface area contributed by atoms with E-state index in [0.29, 0.717) is 29.5 Å². The number of amides is 5. The summed E-state index contributed by atoms with van der Waals surface area (Å²) in [5.74, 6) is -0.394. The second-order valence-electron chi connectivity index (χ2n) is 12.8. The maximum absolute atomic E-state index is 14.1. The van der Waals surface area contributed by atoms with Crippen LogP contribution in [0.25, 0.3) is 0 Å². The van der Waals surface area contributed by atoms with E-state index in [0.717, 1.165) is 29.5 Å². The van der Waals surface area contributed by atoms with Crippen molar-refractivity contribution >= 4 is 35.3 Å². The molecule has 0 unspecified atom stereocenters. The minimum Gasteiger partial charge on any atom is -0.495 e. The SMILES string of the molecule is COc1cc(CN2C(=O)N([C@@H](CN[C@@H](CC(=O)O)c3ccccc3)CC3CC3)C(=O)C2(C)C)ccc1NC(=O)Nc1ccccc1C. The Morgan fingerprint density at radius 3 is 2.32 bits per heavy atom. The molecule has 4 N–H and O–H groups in total. The molecule has 11 nitrogen and oxygen atoms in total. The zero-order valence-corrected chi connectivity index (χ0v) is 27.3. The van der Waals surface area contributed by atoms with E-state index >= 15 is 0 Å². The molecule has 0 aromatic heterocycles. The van der Waals surface area contributed by atoms with Gasteiger partial charge in [-0.3, -0.25) is 14.5 Å². The molecule has 2 atom stereocenters. The third kappa shape index (κ3) is 7.91. The Balaban J connectivity index is 1.31. The number of hydrogen-bond acceptors (Lipinski definition) is 6. The number of carboxylic acid groups (broad SMARTS) is 1. The van der Waals surface area contributed by atoms with Gasteiger partial charge < -0.3 is 30.7 Å². The molecule has 5 rings (SSSR count). The van der Waals surface area contributed by atoms with Crippen LogP contribution in [-0.2, 0) is 16.1 Å². The summed E-state index contributed by atoms with van der Waals surface area (Å²) in [5.41, 5.74) is 2.52. The van der Waals surface area contributed by atoms with Gasteiger partial charge in [-0.15, -0.1) is 0 Å². The van der Waals surface area contributed by atoms with Gasteiger partial charge in [-0.05, 0) is 68.0 Å². The Labute approximate surface area is 275 Å². The van der Waals surface area contributed by atoms with Crippen molar-refractivity contribution in [3.63, 3.8) is 0 Å². The molecule has 248 valence electrons. The Hall–Kier alpha value is -4.90. The number of carbonyl (C=O) groups is 4. The van der Waals surface area contributed by atoms with E-state index in [1.807, 2.05) is 61.5 Å². The van der Waals surface area contributed by atoms with Gasteiger partial charge in [0.2, 0.25) is 0 Å². The Morgan fingerprint density at radius 1 is 0.979 bits per heavy atom. The molecule has 1 heterocycles. The number of benzene rings is 3. The van der Waals surface area contributed by atoms with Gasteiger partial charge in [0, 0.05) is 24.8 Å². The average molecular weight is 642 g/mol. The molecule has 3 aromatic rings. The van der Waals surface area contributed by atoms with Crippen LogP contribution in [0.15, 0.2) is 72.8 Å². The molecule has 11 heteroatoms. The summed E-state index contributed by atoms with van der Waals surface area (Å²) in [5, 5.41) is 18.6. The first-order valence-electron chi connectivity index (χ1n) is 15.9. The maximum Gasteiger partial charge on any atom is 0.328 e. The lowest BCUT2D eigenvalue weighted by Crippen LogP contribution is -2.48. The Kier molecular flexibility index (Phi) is 10.1. The number of nitrogens with one attached hydrogen (secondary N) is 3. The van der Waals surface area contributed by atoms with E-state index in [1.54, 1.807) is 36.9 Å². The molecule has 0 radical (unpaired) electrons. The van der Waals surface area contributed by atoms with Crippen molar-refractivity contribution in [3.05, 3.63) is 89.5 Å². The fourth-order valence-electron chi connectivity index (χ4n) is 6.03. The molecule has 1 aliphatic carbocycles. The molecule has 2 aliphatic rings. The number of urea groups is 2. The van der Waals surface area contributed by atoms with E-state index < -0.39 is 29.6 Å².